The van der Waals surface area contributed by atoms with Crippen molar-refractivity contribution in [1.29, 1.82) is 0 Å². The van der Waals surface area contributed by atoms with Crippen LogP contribution in [0.4, 0.5) is 0 Å². The van der Waals surface area contributed by atoms with Gasteiger partial charge in [0.25, 0.3) is 0 Å². The Kier molecular flexibility index (Phi) is 29.8. The summed E-state index contributed by atoms with van der Waals surface area (Å²) in [6.07, 6.45) is 13.9. The van der Waals surface area contributed by atoms with E-state index in [1.807, 2.05) is 0 Å². The van der Waals surface area contributed by atoms with E-state index in [-0.39, 0.29) is 57.8 Å². The molecule has 0 unspecified atom stereocenters. The molecule has 8 aromatic carbocycles. The molecule has 8 aromatic rings. The summed E-state index contributed by atoms with van der Waals surface area (Å²) in [6, 6.07) is 50.0. The fourth-order valence-electron chi connectivity index (χ4n) is 15.4. The van der Waals surface area contributed by atoms with Crippen LogP contribution in [0.1, 0.15) is 343 Å². The van der Waals surface area contributed by atoms with Crippen LogP contribution in [0, 0.1) is 0 Å². The van der Waals surface area contributed by atoms with E-state index < -0.39 is 56.4 Å². The zero-order valence-electron chi connectivity index (χ0n) is 68.5. The predicted molar refractivity (Wildman–Crippen MR) is 446 cm³/mol. The molecule has 0 heterocycles. The molecule has 20 heteroatoms. The second-order valence-corrected chi connectivity index (χ2v) is 32.8. The van der Waals surface area contributed by atoms with Crippen LogP contribution in [0.25, 0.3) is 0 Å². The topological polar surface area (TPSA) is 367 Å². The fourth-order valence-corrected chi connectivity index (χ4v) is 15.4. The van der Waals surface area contributed by atoms with Gasteiger partial charge in [0, 0.05) is 89.0 Å². The van der Waals surface area contributed by atoms with Crippen molar-refractivity contribution in [1.82, 2.24) is 0 Å². The minimum atomic E-state index is -1.48. The van der Waals surface area contributed by atoms with E-state index >= 15 is 0 Å². The Morgan fingerprint density at radius 1 is 0.220 bits per heavy atom. The summed E-state index contributed by atoms with van der Waals surface area (Å²) in [5.41, 5.74) is -4.61. The van der Waals surface area contributed by atoms with Crippen LogP contribution in [0.15, 0.2) is 194 Å². The van der Waals surface area contributed by atoms with Crippen molar-refractivity contribution in [3.8, 4) is 0 Å². The molecule has 0 aromatic heterocycles. The zero-order valence-corrected chi connectivity index (χ0v) is 68.5. The molecule has 4 aliphatic carbocycles. The Morgan fingerprint density at radius 2 is 0.347 bits per heavy atom. The second-order valence-electron chi connectivity index (χ2n) is 32.8. The summed E-state index contributed by atoms with van der Waals surface area (Å²) in [5, 5.41) is 82.6. The summed E-state index contributed by atoms with van der Waals surface area (Å²) in [6.45, 7) is 12.7. The average Bonchev–Trinajstić information content (AvgIpc) is 1.76. The second kappa shape index (κ2) is 38.5. The average molecular weight is 1610 g/mol. The number of rotatable bonds is 28. The molecule has 0 spiro atoms. The van der Waals surface area contributed by atoms with E-state index in [2.05, 4.69) is 0 Å². The third kappa shape index (κ3) is 21.5. The molecular formula is C98H108O20. The quantitative estimate of drug-likeness (QED) is 0.0211. The summed E-state index contributed by atoms with van der Waals surface area (Å²) < 4.78 is 0. The van der Waals surface area contributed by atoms with E-state index in [9.17, 15) is 98.4 Å². The highest BCUT2D eigenvalue weighted by Gasteiger charge is 2.43. The maximum Gasteiger partial charge on any atom is 0.194 e. The van der Waals surface area contributed by atoms with Crippen molar-refractivity contribution in [3.05, 3.63) is 283 Å². The van der Waals surface area contributed by atoms with Crippen molar-refractivity contribution in [3.63, 3.8) is 0 Å². The molecule has 12 rings (SSSR count). The van der Waals surface area contributed by atoms with Crippen LogP contribution >= 0.6 is 0 Å². The van der Waals surface area contributed by atoms with Gasteiger partial charge in [-0.05, 0) is 130 Å². The largest absolute Gasteiger partial charge is 0.382 e. The molecule has 620 valence electrons. The van der Waals surface area contributed by atoms with Crippen molar-refractivity contribution in [2.24, 2.45) is 0 Å². The minimum Gasteiger partial charge on any atom is -0.382 e. The van der Waals surface area contributed by atoms with Gasteiger partial charge < -0.3 is 40.9 Å². The first kappa shape index (κ1) is 91.4. The van der Waals surface area contributed by atoms with E-state index in [1.165, 1.54) is 76.2 Å². The molecule has 0 aliphatic heterocycles. The zero-order chi connectivity index (χ0) is 86.3. The number of hydrogen-bond donors (Lipinski definition) is 8. The molecule has 4 saturated carbocycles. The maximum absolute atomic E-state index is 12.9. The molecule has 0 radical (unpaired) electrons. The van der Waals surface area contributed by atoms with Crippen molar-refractivity contribution in [2.45, 2.75) is 241 Å². The third-order valence-corrected chi connectivity index (χ3v) is 23.5. The van der Waals surface area contributed by atoms with E-state index in [1.54, 1.807) is 173 Å². The van der Waals surface area contributed by atoms with Crippen LogP contribution < -0.4 is 0 Å². The van der Waals surface area contributed by atoms with E-state index in [4.69, 9.17) is 0 Å². The highest BCUT2D eigenvalue weighted by molar-refractivity contribution is 6.15. The normalized spacial score (nSPS) is 16.0. The van der Waals surface area contributed by atoms with Gasteiger partial charge in [0.15, 0.2) is 69.4 Å². The molecule has 0 saturated heterocycles. The Balaban J connectivity index is 0.000000180. The molecular weight excluding hydrogens is 1500 g/mol. The van der Waals surface area contributed by atoms with Gasteiger partial charge in [-0.2, -0.15) is 0 Å². The molecule has 118 heavy (non-hydrogen) atoms. The highest BCUT2D eigenvalue weighted by Crippen LogP contribution is 2.37. The monoisotopic (exact) mass is 1600 g/mol. The number of benzene rings is 8. The SMILES string of the molecule is CC(C)(O)C(=O)c1ccc(C(=O)c2ccc(C(=O)C(C)(C)O)cc2)cc1.CCC(O)(CC)C(=O)c1ccc(C(=O)c2ccc(C(=O)C(O)(CC)CC)cc2)cc1.O=C(c1ccc(C(=O)C2(O)CCCC2)cc1)c1ccc(C(=O)C2(O)CCCC2)cc1.O=C(c1ccc(C(=O)C2(O)CCCCC2)cc1)c1ccc(C(=O)C2(O)CCCCC2)cc1. The standard InChI is InChI=1S/C27H30O5.C25H26O5.C25H30O5.C21H22O5/c28-23(19-7-11-21(12-8-19)24(29)26(31)15-3-1-4-16-26)20-9-13-22(14-10-20)25(30)27(32)17-5-2-6-18-27;26-21(17-5-9-19(10-6-17)22(27)24(29)13-1-2-14-24)18-7-11-20(12-8-18)23(28)25(30)15-3-4-16-25;1-5-24(29,6-2)22(27)19-13-9-17(10-14-19)21(26)18-11-15-20(16-12-18)23(28)25(30,7-3)8-4;1-20(2,25)18(23)15-9-5-13(6-10-15)17(22)14-7-11-16(12-8-14)19(24)21(3,4)26/h7-14,31-32H,1-6,15-18H2;5-12,29-30H,1-4,13-16H2;9-16,29-30H,5-8H2,1-4H3;5-12,25-26H,1-4H3. The molecule has 20 nitrogen and oxygen atoms in total. The van der Waals surface area contributed by atoms with Gasteiger partial charge in [-0.15, -0.1) is 0 Å². The van der Waals surface area contributed by atoms with Gasteiger partial charge in [0.2, 0.25) is 0 Å². The summed E-state index contributed by atoms with van der Waals surface area (Å²) >= 11 is 0. The number of hydrogen-bond acceptors (Lipinski definition) is 20. The summed E-state index contributed by atoms with van der Waals surface area (Å²) in [5.74, 6) is -3.61. The van der Waals surface area contributed by atoms with Gasteiger partial charge >= 0.3 is 0 Å². The lowest BCUT2D eigenvalue weighted by Gasteiger charge is -2.30. The van der Waals surface area contributed by atoms with Crippen LogP contribution in [0.5, 0.6) is 0 Å². The molecule has 8 N–H and O–H groups in total. The first-order valence-electron chi connectivity index (χ1n) is 40.9. The number of carbonyl (C=O) groups excluding carboxylic acids is 12. The van der Waals surface area contributed by atoms with Gasteiger partial charge in [0.05, 0.1) is 0 Å². The molecule has 4 fully saturated rings. The maximum atomic E-state index is 12.9. The van der Waals surface area contributed by atoms with Gasteiger partial charge in [-0.25, -0.2) is 0 Å². The Bertz CT molecular complexity index is 4510. The lowest BCUT2D eigenvalue weighted by molar-refractivity contribution is 0.0116. The van der Waals surface area contributed by atoms with Crippen molar-refractivity contribution < 1.29 is 98.4 Å². The number of aliphatic hydroxyl groups is 8. The first-order valence-corrected chi connectivity index (χ1v) is 40.9. The van der Waals surface area contributed by atoms with Crippen LogP contribution in [0.3, 0.4) is 0 Å². The predicted octanol–water partition coefficient (Wildman–Crippen LogP) is 15.8. The Labute approximate surface area is 688 Å². The first-order chi connectivity index (χ1) is 55.7. The van der Waals surface area contributed by atoms with Gasteiger partial charge in [-0.3, -0.25) is 57.5 Å². The van der Waals surface area contributed by atoms with Gasteiger partial charge in [-0.1, -0.05) is 260 Å². The minimum absolute atomic E-state index is 0.212. The Morgan fingerprint density at radius 3 is 0.492 bits per heavy atom. The lowest BCUT2D eigenvalue weighted by Crippen LogP contribution is -2.40. The summed E-state index contributed by atoms with van der Waals surface area (Å²) in [4.78, 5) is 151. The lowest BCUT2D eigenvalue weighted by atomic mass is 9.79. The smallest absolute Gasteiger partial charge is 0.194 e. The van der Waals surface area contributed by atoms with E-state index in [0.29, 0.717) is 166 Å². The van der Waals surface area contributed by atoms with Crippen LogP contribution in [-0.4, -0.2) is 155 Å². The Hall–Kier alpha value is -10.5. The fraction of sp³-hybridized carbons (Fsp3) is 0.388. The van der Waals surface area contributed by atoms with Crippen LogP contribution in [-0.2, 0) is 0 Å². The number of carbonyl (C=O) groups is 12. The molecule has 0 bridgehead atoms. The molecule has 0 amide bonds. The number of Topliss-reactive ketones (excluding diaryl/α,β-unsaturated/α-hetero) is 8. The van der Waals surface area contributed by atoms with Crippen molar-refractivity contribution >= 4 is 69.4 Å². The molecule has 0 atom stereocenters. The highest BCUT2D eigenvalue weighted by atomic mass is 16.3. The van der Waals surface area contributed by atoms with Crippen LogP contribution in [0.2, 0.25) is 0 Å². The summed E-state index contributed by atoms with van der Waals surface area (Å²) in [7, 11) is 0. The molecule has 4 aliphatic rings. The van der Waals surface area contributed by atoms with E-state index in [0.717, 1.165) is 64.2 Å². The van der Waals surface area contributed by atoms with Crippen molar-refractivity contribution in [2.75, 3.05) is 0 Å². The number of ketones is 12. The van der Waals surface area contributed by atoms with Gasteiger partial charge in [0.1, 0.15) is 44.8 Å². The third-order valence-electron chi connectivity index (χ3n) is 23.5.